The van der Waals surface area contributed by atoms with Crippen LogP contribution in [-0.4, -0.2) is 24.1 Å². The van der Waals surface area contributed by atoms with Gasteiger partial charge in [-0.1, -0.05) is 6.07 Å². The number of hydrogen-bond donors (Lipinski definition) is 1. The summed E-state index contributed by atoms with van der Waals surface area (Å²) in [7, 11) is 3.12. The fraction of sp³-hybridized carbons (Fsp3) is 0.214. The molecule has 0 unspecified atom stereocenters. The van der Waals surface area contributed by atoms with Gasteiger partial charge in [-0.25, -0.2) is 0 Å². The minimum atomic E-state index is -0.468. The lowest BCUT2D eigenvalue weighted by molar-refractivity contribution is -0.384. The Labute approximate surface area is 121 Å². The van der Waals surface area contributed by atoms with Crippen LogP contribution in [-0.2, 0) is 6.54 Å². The van der Waals surface area contributed by atoms with E-state index in [1.165, 1.54) is 12.4 Å². The summed E-state index contributed by atoms with van der Waals surface area (Å²) in [6.45, 7) is 0.422. The lowest BCUT2D eigenvalue weighted by Gasteiger charge is -2.11. The lowest BCUT2D eigenvalue weighted by Crippen LogP contribution is -2.03. The average molecular weight is 289 g/mol. The van der Waals surface area contributed by atoms with E-state index in [0.717, 1.165) is 5.56 Å². The SMILES string of the molecule is COc1ccc(CNc2ccncc2[N+](=O)[O-])cc1OC. The number of rotatable bonds is 6. The van der Waals surface area contributed by atoms with Crippen LogP contribution in [0.4, 0.5) is 11.4 Å². The maximum absolute atomic E-state index is 10.9. The molecule has 0 radical (unpaired) electrons. The second-order valence-corrected chi connectivity index (χ2v) is 4.19. The van der Waals surface area contributed by atoms with Gasteiger partial charge in [-0.05, 0) is 23.8 Å². The van der Waals surface area contributed by atoms with Gasteiger partial charge >= 0.3 is 5.69 Å². The van der Waals surface area contributed by atoms with Gasteiger partial charge in [0.15, 0.2) is 11.5 Å². The van der Waals surface area contributed by atoms with Crippen molar-refractivity contribution in [3.8, 4) is 11.5 Å². The number of aromatic nitrogens is 1. The molecule has 7 nitrogen and oxygen atoms in total. The number of nitrogens with zero attached hydrogens (tertiary/aromatic N) is 2. The van der Waals surface area contributed by atoms with Crippen LogP contribution < -0.4 is 14.8 Å². The van der Waals surface area contributed by atoms with E-state index in [-0.39, 0.29) is 5.69 Å². The fourth-order valence-corrected chi connectivity index (χ4v) is 1.87. The summed E-state index contributed by atoms with van der Waals surface area (Å²) < 4.78 is 10.4. The highest BCUT2D eigenvalue weighted by Crippen LogP contribution is 2.28. The highest BCUT2D eigenvalue weighted by atomic mass is 16.6. The minimum Gasteiger partial charge on any atom is -0.493 e. The van der Waals surface area contributed by atoms with Crippen molar-refractivity contribution in [1.82, 2.24) is 4.98 Å². The molecule has 0 aliphatic heterocycles. The predicted octanol–water partition coefficient (Wildman–Crippen LogP) is 2.62. The van der Waals surface area contributed by atoms with E-state index in [0.29, 0.717) is 23.7 Å². The molecule has 0 bridgehead atoms. The molecule has 0 saturated heterocycles. The summed E-state index contributed by atoms with van der Waals surface area (Å²) in [5.41, 5.74) is 1.28. The highest BCUT2D eigenvalue weighted by molar-refractivity contribution is 5.59. The number of hydrogen-bond acceptors (Lipinski definition) is 6. The molecule has 1 aromatic heterocycles. The van der Waals surface area contributed by atoms with Crippen LogP contribution in [0.3, 0.4) is 0 Å². The molecule has 2 rings (SSSR count). The molecule has 0 atom stereocenters. The zero-order valence-electron chi connectivity index (χ0n) is 11.7. The average Bonchev–Trinajstić information content (AvgIpc) is 2.52. The van der Waals surface area contributed by atoms with Crippen LogP contribution in [0.1, 0.15) is 5.56 Å². The van der Waals surface area contributed by atoms with Crippen molar-refractivity contribution in [1.29, 1.82) is 0 Å². The predicted molar refractivity (Wildman–Crippen MR) is 77.8 cm³/mol. The number of nitro groups is 1. The van der Waals surface area contributed by atoms with Crippen molar-refractivity contribution in [2.24, 2.45) is 0 Å². The summed E-state index contributed by atoms with van der Waals surface area (Å²) in [5.74, 6) is 1.25. The number of anilines is 1. The molecule has 0 saturated carbocycles. The van der Waals surface area contributed by atoms with Gasteiger partial charge in [0.05, 0.1) is 19.1 Å². The Morgan fingerprint density at radius 3 is 2.67 bits per heavy atom. The first-order chi connectivity index (χ1) is 10.2. The third-order valence-corrected chi connectivity index (χ3v) is 2.93. The van der Waals surface area contributed by atoms with E-state index in [1.54, 1.807) is 26.4 Å². The third-order valence-electron chi connectivity index (χ3n) is 2.93. The largest absolute Gasteiger partial charge is 0.493 e. The number of nitrogens with one attached hydrogen (secondary N) is 1. The molecular formula is C14H15N3O4. The molecule has 110 valence electrons. The molecule has 21 heavy (non-hydrogen) atoms. The summed E-state index contributed by atoms with van der Waals surface area (Å²) in [4.78, 5) is 14.2. The smallest absolute Gasteiger partial charge is 0.310 e. The maximum Gasteiger partial charge on any atom is 0.310 e. The van der Waals surface area contributed by atoms with Crippen molar-refractivity contribution < 1.29 is 14.4 Å². The number of benzene rings is 1. The van der Waals surface area contributed by atoms with Crippen molar-refractivity contribution in [2.45, 2.75) is 6.54 Å². The standard InChI is InChI=1S/C14H15N3O4/c1-20-13-4-3-10(7-14(13)21-2)8-16-11-5-6-15-9-12(11)17(18)19/h3-7,9H,8H2,1-2H3,(H,15,16). The molecule has 1 aromatic carbocycles. The zero-order chi connectivity index (χ0) is 15.2. The Hall–Kier alpha value is -2.83. The van der Waals surface area contributed by atoms with E-state index < -0.39 is 4.92 Å². The lowest BCUT2D eigenvalue weighted by atomic mass is 10.2. The van der Waals surface area contributed by atoms with Crippen molar-refractivity contribution in [2.75, 3.05) is 19.5 Å². The van der Waals surface area contributed by atoms with Gasteiger partial charge < -0.3 is 14.8 Å². The maximum atomic E-state index is 10.9. The van der Waals surface area contributed by atoms with Crippen LogP contribution >= 0.6 is 0 Å². The monoisotopic (exact) mass is 289 g/mol. The molecule has 0 amide bonds. The van der Waals surface area contributed by atoms with Crippen molar-refractivity contribution in [3.63, 3.8) is 0 Å². The van der Waals surface area contributed by atoms with Crippen LogP contribution in [0, 0.1) is 10.1 Å². The Kier molecular flexibility index (Phi) is 4.55. The molecule has 7 heteroatoms. The molecule has 1 heterocycles. The van der Waals surface area contributed by atoms with E-state index in [9.17, 15) is 10.1 Å². The Morgan fingerprint density at radius 1 is 1.24 bits per heavy atom. The second-order valence-electron chi connectivity index (χ2n) is 4.19. The number of methoxy groups -OCH3 is 2. The molecule has 1 N–H and O–H groups in total. The Morgan fingerprint density at radius 2 is 2.00 bits per heavy atom. The van der Waals surface area contributed by atoms with Gasteiger partial charge in [0.1, 0.15) is 11.9 Å². The van der Waals surface area contributed by atoms with E-state index in [2.05, 4.69) is 10.3 Å². The van der Waals surface area contributed by atoms with Gasteiger partial charge in [0.2, 0.25) is 0 Å². The molecule has 0 fully saturated rings. The number of pyridine rings is 1. The Bertz CT molecular complexity index is 646. The minimum absolute atomic E-state index is 0.0574. The molecular weight excluding hydrogens is 274 g/mol. The molecule has 0 aliphatic carbocycles. The normalized spacial score (nSPS) is 10.0. The van der Waals surface area contributed by atoms with Gasteiger partial charge in [0, 0.05) is 12.7 Å². The molecule has 2 aromatic rings. The van der Waals surface area contributed by atoms with Crippen LogP contribution in [0.25, 0.3) is 0 Å². The van der Waals surface area contributed by atoms with Gasteiger partial charge in [-0.3, -0.25) is 15.1 Å². The number of ether oxygens (including phenoxy) is 2. The first-order valence-electron chi connectivity index (χ1n) is 6.19. The van der Waals surface area contributed by atoms with Crippen molar-refractivity contribution >= 4 is 11.4 Å². The third kappa shape index (κ3) is 3.38. The first kappa shape index (κ1) is 14.6. The van der Waals surface area contributed by atoms with Gasteiger partial charge in [0.25, 0.3) is 0 Å². The van der Waals surface area contributed by atoms with E-state index >= 15 is 0 Å². The Balaban J connectivity index is 2.15. The quantitative estimate of drug-likeness (QED) is 0.649. The van der Waals surface area contributed by atoms with Crippen LogP contribution in [0.15, 0.2) is 36.7 Å². The summed E-state index contributed by atoms with van der Waals surface area (Å²) >= 11 is 0. The first-order valence-corrected chi connectivity index (χ1v) is 6.19. The van der Waals surface area contributed by atoms with E-state index in [4.69, 9.17) is 9.47 Å². The second kappa shape index (κ2) is 6.56. The van der Waals surface area contributed by atoms with Gasteiger partial charge in [-0.2, -0.15) is 0 Å². The molecule has 0 spiro atoms. The van der Waals surface area contributed by atoms with Crippen LogP contribution in [0.5, 0.6) is 11.5 Å². The summed E-state index contributed by atoms with van der Waals surface area (Å²) in [6.07, 6.45) is 2.72. The zero-order valence-corrected chi connectivity index (χ0v) is 11.7. The fourth-order valence-electron chi connectivity index (χ4n) is 1.87. The van der Waals surface area contributed by atoms with Crippen LogP contribution in [0.2, 0.25) is 0 Å². The van der Waals surface area contributed by atoms with Crippen molar-refractivity contribution in [3.05, 3.63) is 52.3 Å². The van der Waals surface area contributed by atoms with E-state index in [1.807, 2.05) is 12.1 Å². The highest BCUT2D eigenvalue weighted by Gasteiger charge is 2.13. The topological polar surface area (TPSA) is 86.5 Å². The molecule has 0 aliphatic rings. The summed E-state index contributed by atoms with van der Waals surface area (Å²) in [5, 5.41) is 13.9. The summed E-state index contributed by atoms with van der Waals surface area (Å²) in [6, 6.07) is 7.04. The van der Waals surface area contributed by atoms with Gasteiger partial charge in [-0.15, -0.1) is 0 Å².